The van der Waals surface area contributed by atoms with Gasteiger partial charge in [-0.3, -0.25) is 4.79 Å². The minimum Gasteiger partial charge on any atom is -0.464 e. The molecule has 148 valence electrons. The summed E-state index contributed by atoms with van der Waals surface area (Å²) in [6.07, 6.45) is 1.92. The van der Waals surface area contributed by atoms with Gasteiger partial charge in [0.2, 0.25) is 0 Å². The average molecular weight is 367 g/mol. The summed E-state index contributed by atoms with van der Waals surface area (Å²) in [6, 6.07) is -1.39. The van der Waals surface area contributed by atoms with E-state index in [0.717, 1.165) is 31.0 Å². The molecule has 1 spiro atoms. The number of amides is 3. The molecule has 7 heteroatoms. The van der Waals surface area contributed by atoms with E-state index in [1.165, 1.54) is 0 Å². The summed E-state index contributed by atoms with van der Waals surface area (Å²) >= 11 is 0. The van der Waals surface area contributed by atoms with Crippen LogP contribution in [0.3, 0.4) is 0 Å². The Labute approximate surface area is 156 Å². The number of hydrogen-bond donors (Lipinski definition) is 1. The first-order valence-corrected chi connectivity index (χ1v) is 9.71. The topological polar surface area (TPSA) is 79.0 Å². The van der Waals surface area contributed by atoms with Crippen LogP contribution in [0.25, 0.3) is 0 Å². The predicted molar refractivity (Wildman–Crippen MR) is 98.5 cm³/mol. The van der Waals surface area contributed by atoms with Crippen molar-refractivity contribution in [2.45, 2.75) is 65.5 Å². The van der Waals surface area contributed by atoms with Gasteiger partial charge < -0.3 is 15.0 Å². The summed E-state index contributed by atoms with van der Waals surface area (Å²) in [4.78, 5) is 41.0. The Kier molecular flexibility index (Phi) is 6.66. The van der Waals surface area contributed by atoms with Gasteiger partial charge in [-0.15, -0.1) is 0 Å². The third-order valence-electron chi connectivity index (χ3n) is 5.19. The lowest BCUT2D eigenvalue weighted by atomic mass is 9.87. The molecule has 1 atom stereocenters. The van der Waals surface area contributed by atoms with Crippen LogP contribution in [-0.2, 0) is 14.3 Å². The van der Waals surface area contributed by atoms with E-state index in [1.54, 1.807) is 6.92 Å². The molecule has 0 aromatic carbocycles. The highest BCUT2D eigenvalue weighted by atomic mass is 16.5. The minimum atomic E-state index is -0.900. The lowest BCUT2D eigenvalue weighted by molar-refractivity contribution is -0.152. The first-order valence-electron chi connectivity index (χ1n) is 9.71. The molecule has 2 fully saturated rings. The summed E-state index contributed by atoms with van der Waals surface area (Å²) in [5.41, 5.74) is -0.864. The zero-order valence-corrected chi connectivity index (χ0v) is 16.7. The molecule has 2 rings (SSSR count). The predicted octanol–water partition coefficient (Wildman–Crippen LogP) is 2.01. The summed E-state index contributed by atoms with van der Waals surface area (Å²) < 4.78 is 5.24. The molecule has 2 aliphatic heterocycles. The van der Waals surface area contributed by atoms with E-state index < -0.39 is 23.6 Å². The van der Waals surface area contributed by atoms with E-state index in [0.29, 0.717) is 31.3 Å². The molecule has 0 aromatic heterocycles. The summed E-state index contributed by atoms with van der Waals surface area (Å²) in [6.45, 7) is 12.8. The van der Waals surface area contributed by atoms with Gasteiger partial charge in [-0.2, -0.15) is 0 Å². The minimum absolute atomic E-state index is 0.292. The molecule has 2 heterocycles. The van der Waals surface area contributed by atoms with Crippen LogP contribution >= 0.6 is 0 Å². The second-order valence-electron chi connectivity index (χ2n) is 8.41. The number of imide groups is 1. The molecule has 2 saturated heterocycles. The Hall–Kier alpha value is -1.63. The molecule has 7 nitrogen and oxygen atoms in total. The van der Waals surface area contributed by atoms with Gasteiger partial charge in [-0.05, 0) is 38.0 Å². The normalized spacial score (nSPS) is 21.6. The Morgan fingerprint density at radius 2 is 1.73 bits per heavy atom. The van der Waals surface area contributed by atoms with E-state index in [2.05, 4.69) is 24.1 Å². The fourth-order valence-electron chi connectivity index (χ4n) is 3.59. The van der Waals surface area contributed by atoms with Crippen molar-refractivity contribution in [1.82, 2.24) is 15.1 Å². The van der Waals surface area contributed by atoms with Crippen LogP contribution in [0, 0.1) is 11.8 Å². The van der Waals surface area contributed by atoms with Gasteiger partial charge >= 0.3 is 12.0 Å². The molecular formula is C19H33N3O4. The monoisotopic (exact) mass is 367 g/mol. The Morgan fingerprint density at radius 3 is 2.27 bits per heavy atom. The lowest BCUT2D eigenvalue weighted by Gasteiger charge is -2.38. The number of nitrogens with zero attached hydrogens (tertiary/aromatic N) is 2. The van der Waals surface area contributed by atoms with Gasteiger partial charge in [0, 0.05) is 19.6 Å². The summed E-state index contributed by atoms with van der Waals surface area (Å²) in [5.74, 6) is 0.174. The van der Waals surface area contributed by atoms with Crippen LogP contribution < -0.4 is 5.32 Å². The largest absolute Gasteiger partial charge is 0.464 e. The van der Waals surface area contributed by atoms with Crippen LogP contribution in [0.15, 0.2) is 0 Å². The molecule has 1 N–H and O–H groups in total. The number of esters is 1. The van der Waals surface area contributed by atoms with Crippen LogP contribution in [0.5, 0.6) is 0 Å². The maximum Gasteiger partial charge on any atom is 0.329 e. The molecule has 0 bridgehead atoms. The van der Waals surface area contributed by atoms with Crippen molar-refractivity contribution in [1.29, 1.82) is 0 Å². The third-order valence-corrected chi connectivity index (χ3v) is 5.19. The summed E-state index contributed by atoms with van der Waals surface area (Å²) in [5, 5.41) is 2.86. The molecule has 26 heavy (non-hydrogen) atoms. The molecule has 1 unspecified atom stereocenters. The molecule has 2 aliphatic rings. The van der Waals surface area contributed by atoms with Crippen molar-refractivity contribution in [3.05, 3.63) is 0 Å². The first kappa shape index (κ1) is 20.7. The Morgan fingerprint density at radius 1 is 1.12 bits per heavy atom. The van der Waals surface area contributed by atoms with Gasteiger partial charge in [0.25, 0.3) is 5.91 Å². The zero-order valence-electron chi connectivity index (χ0n) is 16.7. The van der Waals surface area contributed by atoms with E-state index in [9.17, 15) is 14.4 Å². The fourth-order valence-corrected chi connectivity index (χ4v) is 3.59. The van der Waals surface area contributed by atoms with Crippen LogP contribution in [0.2, 0.25) is 0 Å². The van der Waals surface area contributed by atoms with Crippen molar-refractivity contribution in [3.63, 3.8) is 0 Å². The van der Waals surface area contributed by atoms with Crippen LogP contribution in [0.4, 0.5) is 4.79 Å². The number of ether oxygens (including phenoxy) is 1. The highest BCUT2D eigenvalue weighted by molar-refractivity contribution is 6.09. The average Bonchev–Trinajstić information content (AvgIpc) is 2.78. The van der Waals surface area contributed by atoms with E-state index in [-0.39, 0.29) is 5.91 Å². The quantitative estimate of drug-likeness (QED) is 0.550. The lowest BCUT2D eigenvalue weighted by Crippen LogP contribution is -2.55. The maximum atomic E-state index is 13.0. The number of urea groups is 1. The highest BCUT2D eigenvalue weighted by Crippen LogP contribution is 2.31. The van der Waals surface area contributed by atoms with Crippen LogP contribution in [-0.4, -0.2) is 65.5 Å². The zero-order chi connectivity index (χ0) is 19.5. The number of nitrogens with one attached hydrogen (secondary N) is 1. The van der Waals surface area contributed by atoms with Crippen molar-refractivity contribution < 1.29 is 19.1 Å². The molecule has 0 saturated carbocycles. The number of carbonyl (C=O) groups is 3. The number of carbonyl (C=O) groups excluding carboxylic acids is 3. The van der Waals surface area contributed by atoms with Gasteiger partial charge in [0.05, 0.1) is 6.61 Å². The van der Waals surface area contributed by atoms with Crippen molar-refractivity contribution >= 4 is 17.9 Å². The number of likely N-dealkylation sites (tertiary alicyclic amines) is 1. The Balaban J connectivity index is 1.97. The van der Waals surface area contributed by atoms with Crippen LogP contribution in [0.1, 0.15) is 53.9 Å². The van der Waals surface area contributed by atoms with Crippen molar-refractivity contribution in [2.24, 2.45) is 11.8 Å². The molecular weight excluding hydrogens is 334 g/mol. The number of hydrogen-bond acceptors (Lipinski definition) is 5. The second kappa shape index (κ2) is 8.37. The third kappa shape index (κ3) is 4.55. The molecule has 3 amide bonds. The van der Waals surface area contributed by atoms with Gasteiger partial charge in [-0.25, -0.2) is 14.5 Å². The van der Waals surface area contributed by atoms with Gasteiger partial charge in [0.1, 0.15) is 11.6 Å². The molecule has 0 aromatic rings. The number of rotatable bonds is 7. The fraction of sp³-hybridized carbons (Fsp3) is 0.842. The smallest absolute Gasteiger partial charge is 0.329 e. The first-order chi connectivity index (χ1) is 12.2. The van der Waals surface area contributed by atoms with Crippen molar-refractivity contribution in [3.8, 4) is 0 Å². The maximum absolute atomic E-state index is 13.0. The van der Waals surface area contributed by atoms with Gasteiger partial charge in [-0.1, -0.05) is 27.7 Å². The second-order valence-corrected chi connectivity index (χ2v) is 8.41. The van der Waals surface area contributed by atoms with Crippen molar-refractivity contribution in [2.75, 3.05) is 26.2 Å². The Bertz CT molecular complexity index is 539. The summed E-state index contributed by atoms with van der Waals surface area (Å²) in [7, 11) is 0. The molecule has 0 radical (unpaired) electrons. The van der Waals surface area contributed by atoms with Gasteiger partial charge in [0.15, 0.2) is 0 Å². The van der Waals surface area contributed by atoms with E-state index >= 15 is 0 Å². The van der Waals surface area contributed by atoms with E-state index in [1.807, 2.05) is 13.8 Å². The number of piperidine rings is 1. The SMILES string of the molecule is CC(C)CCOC(=O)C(C)N1C(=O)NC2(CCN(CC(C)C)CC2)C1=O. The molecule has 0 aliphatic carbocycles. The van der Waals surface area contributed by atoms with E-state index in [4.69, 9.17) is 4.74 Å². The standard InChI is InChI=1S/C19H33N3O4/c1-13(2)6-11-26-16(23)15(5)22-17(24)19(20-18(22)25)7-9-21(10-8-19)12-14(3)4/h13-15H,6-12H2,1-5H3,(H,20,25). The highest BCUT2D eigenvalue weighted by Gasteiger charge is 2.54.